The monoisotopic (exact) mass is 192 g/mol. The molecule has 0 aromatic carbocycles. The zero-order valence-electron chi connectivity index (χ0n) is 7.60. The molecule has 1 rings (SSSR count). The highest BCUT2D eigenvalue weighted by atomic mass is 31.2. The van der Waals surface area contributed by atoms with E-state index in [-0.39, 0.29) is 6.10 Å². The summed E-state index contributed by atoms with van der Waals surface area (Å²) in [6.07, 6.45) is 3.22. The summed E-state index contributed by atoms with van der Waals surface area (Å²) in [7, 11) is -2.16. The van der Waals surface area contributed by atoms with Crippen LogP contribution in [-0.2, 0) is 4.52 Å². The zero-order valence-corrected chi connectivity index (χ0v) is 8.50. The van der Waals surface area contributed by atoms with Crippen LogP contribution in [0.1, 0.15) is 33.1 Å². The highest BCUT2D eigenvalue weighted by Crippen LogP contribution is 2.37. The van der Waals surface area contributed by atoms with Crippen molar-refractivity contribution in [1.29, 1.82) is 0 Å². The molecule has 1 aliphatic rings. The van der Waals surface area contributed by atoms with E-state index in [0.717, 1.165) is 12.8 Å². The normalized spacial score (nSPS) is 37.2. The van der Waals surface area contributed by atoms with Crippen LogP contribution in [0.3, 0.4) is 0 Å². The molecule has 0 amide bonds. The molecule has 3 nitrogen and oxygen atoms in total. The van der Waals surface area contributed by atoms with Gasteiger partial charge in [-0.25, -0.2) is 0 Å². The Balaban J connectivity index is 2.34. The van der Waals surface area contributed by atoms with Crippen molar-refractivity contribution < 1.29 is 14.3 Å². The minimum absolute atomic E-state index is 0.0601. The van der Waals surface area contributed by atoms with Gasteiger partial charge in [-0.3, -0.25) is 0 Å². The van der Waals surface area contributed by atoms with Gasteiger partial charge in [0.25, 0.3) is 0 Å². The van der Waals surface area contributed by atoms with Crippen LogP contribution in [0.4, 0.5) is 0 Å². The predicted molar refractivity (Wildman–Crippen MR) is 48.4 cm³/mol. The molecule has 0 bridgehead atoms. The van der Waals surface area contributed by atoms with Crippen LogP contribution in [0.2, 0.25) is 0 Å². The quantitative estimate of drug-likeness (QED) is 0.658. The topological polar surface area (TPSA) is 49.7 Å². The summed E-state index contributed by atoms with van der Waals surface area (Å²) < 4.78 is 5.01. The lowest BCUT2D eigenvalue weighted by atomic mass is 9.82. The van der Waals surface area contributed by atoms with Crippen LogP contribution >= 0.6 is 8.60 Å². The SMILES string of the molecule is CC1CC(C)CC(OP(O)O)C1. The van der Waals surface area contributed by atoms with Crippen molar-refractivity contribution in [2.24, 2.45) is 11.8 Å². The third-order valence-electron chi connectivity index (χ3n) is 2.38. The van der Waals surface area contributed by atoms with Crippen molar-refractivity contribution in [3.05, 3.63) is 0 Å². The standard InChI is InChI=1S/C8H17O3P/c1-6-3-7(2)5-8(4-6)11-12(9)10/h6-10H,3-5H2,1-2H3. The Morgan fingerprint density at radius 2 is 1.58 bits per heavy atom. The Morgan fingerprint density at radius 3 is 2.00 bits per heavy atom. The van der Waals surface area contributed by atoms with Crippen molar-refractivity contribution in [3.8, 4) is 0 Å². The molecule has 2 atom stereocenters. The van der Waals surface area contributed by atoms with E-state index in [1.807, 2.05) is 0 Å². The van der Waals surface area contributed by atoms with E-state index in [0.29, 0.717) is 11.8 Å². The molecule has 0 heterocycles. The second-order valence-electron chi connectivity index (χ2n) is 3.90. The lowest BCUT2D eigenvalue weighted by molar-refractivity contribution is 0.0879. The summed E-state index contributed by atoms with van der Waals surface area (Å²) >= 11 is 0. The molecule has 0 saturated heterocycles. The highest BCUT2D eigenvalue weighted by Gasteiger charge is 2.26. The Kier molecular flexibility index (Phi) is 3.91. The first-order valence-electron chi connectivity index (χ1n) is 4.42. The highest BCUT2D eigenvalue weighted by molar-refractivity contribution is 7.39. The van der Waals surface area contributed by atoms with Gasteiger partial charge in [0, 0.05) is 0 Å². The third kappa shape index (κ3) is 3.36. The van der Waals surface area contributed by atoms with Crippen molar-refractivity contribution >= 4 is 8.60 Å². The van der Waals surface area contributed by atoms with Gasteiger partial charge in [-0.1, -0.05) is 13.8 Å². The Labute approximate surface area is 74.7 Å². The smallest absolute Gasteiger partial charge is 0.327 e. The van der Waals surface area contributed by atoms with Crippen LogP contribution in [0.5, 0.6) is 0 Å². The van der Waals surface area contributed by atoms with E-state index in [2.05, 4.69) is 13.8 Å². The molecular formula is C8H17O3P. The summed E-state index contributed by atoms with van der Waals surface area (Å²) in [5.41, 5.74) is 0. The fourth-order valence-corrected chi connectivity index (χ4v) is 2.53. The van der Waals surface area contributed by atoms with Crippen LogP contribution in [-0.4, -0.2) is 15.9 Å². The second-order valence-corrected chi connectivity index (χ2v) is 4.61. The number of rotatable bonds is 2. The van der Waals surface area contributed by atoms with Crippen LogP contribution in [0.15, 0.2) is 0 Å². The average molecular weight is 192 g/mol. The van der Waals surface area contributed by atoms with Gasteiger partial charge in [0.05, 0.1) is 6.10 Å². The summed E-state index contributed by atoms with van der Waals surface area (Å²) in [6, 6.07) is 0. The van der Waals surface area contributed by atoms with Gasteiger partial charge >= 0.3 is 8.60 Å². The summed E-state index contributed by atoms with van der Waals surface area (Å²) in [4.78, 5) is 17.4. The minimum Gasteiger partial charge on any atom is -0.328 e. The minimum atomic E-state index is -2.16. The van der Waals surface area contributed by atoms with Gasteiger partial charge in [-0.05, 0) is 31.1 Å². The zero-order chi connectivity index (χ0) is 9.14. The molecule has 72 valence electrons. The van der Waals surface area contributed by atoms with Crippen molar-refractivity contribution in [3.63, 3.8) is 0 Å². The van der Waals surface area contributed by atoms with Gasteiger partial charge in [0.2, 0.25) is 0 Å². The maximum Gasteiger partial charge on any atom is 0.327 e. The van der Waals surface area contributed by atoms with Gasteiger partial charge < -0.3 is 14.3 Å². The van der Waals surface area contributed by atoms with Gasteiger partial charge in [0.1, 0.15) is 0 Å². The molecule has 0 aromatic rings. The molecule has 0 aromatic heterocycles. The van der Waals surface area contributed by atoms with Gasteiger partial charge in [-0.2, -0.15) is 0 Å². The Bertz CT molecular complexity index is 128. The van der Waals surface area contributed by atoms with Gasteiger partial charge in [-0.15, -0.1) is 0 Å². The first kappa shape index (κ1) is 10.4. The largest absolute Gasteiger partial charge is 0.328 e. The molecule has 1 aliphatic carbocycles. The Hall–Kier alpha value is 0.310. The van der Waals surface area contributed by atoms with Crippen molar-refractivity contribution in [1.82, 2.24) is 0 Å². The molecule has 12 heavy (non-hydrogen) atoms. The van der Waals surface area contributed by atoms with E-state index in [1.54, 1.807) is 0 Å². The molecule has 1 fully saturated rings. The molecule has 2 unspecified atom stereocenters. The van der Waals surface area contributed by atoms with Crippen molar-refractivity contribution in [2.45, 2.75) is 39.2 Å². The molecule has 0 aliphatic heterocycles. The summed E-state index contributed by atoms with van der Waals surface area (Å²) in [5.74, 6) is 1.29. The fourth-order valence-electron chi connectivity index (χ4n) is 2.09. The first-order valence-corrected chi connectivity index (χ1v) is 5.59. The lowest BCUT2D eigenvalue weighted by Crippen LogP contribution is -2.24. The first-order chi connectivity index (χ1) is 5.58. The molecule has 0 spiro atoms. The predicted octanol–water partition coefficient (Wildman–Crippen LogP) is 2.04. The molecule has 1 saturated carbocycles. The van der Waals surface area contributed by atoms with Crippen LogP contribution in [0.25, 0.3) is 0 Å². The maximum atomic E-state index is 8.68. The number of hydrogen-bond acceptors (Lipinski definition) is 3. The third-order valence-corrected chi connectivity index (χ3v) is 2.87. The molecule has 2 N–H and O–H groups in total. The molecule has 4 heteroatoms. The van der Waals surface area contributed by atoms with E-state index >= 15 is 0 Å². The summed E-state index contributed by atoms with van der Waals surface area (Å²) in [6.45, 7) is 4.37. The van der Waals surface area contributed by atoms with Crippen molar-refractivity contribution in [2.75, 3.05) is 0 Å². The number of hydrogen-bond donors (Lipinski definition) is 2. The fraction of sp³-hybridized carbons (Fsp3) is 1.00. The van der Waals surface area contributed by atoms with E-state index in [4.69, 9.17) is 14.3 Å². The molecular weight excluding hydrogens is 175 g/mol. The second kappa shape index (κ2) is 4.52. The van der Waals surface area contributed by atoms with Crippen LogP contribution in [0, 0.1) is 11.8 Å². The molecule has 0 radical (unpaired) electrons. The van der Waals surface area contributed by atoms with Crippen LogP contribution < -0.4 is 0 Å². The summed E-state index contributed by atoms with van der Waals surface area (Å²) in [5, 5.41) is 0. The maximum absolute atomic E-state index is 8.68. The van der Waals surface area contributed by atoms with Gasteiger partial charge in [0.15, 0.2) is 0 Å². The van der Waals surface area contributed by atoms with E-state index in [9.17, 15) is 0 Å². The lowest BCUT2D eigenvalue weighted by Gasteiger charge is -2.31. The van der Waals surface area contributed by atoms with E-state index in [1.165, 1.54) is 6.42 Å². The van der Waals surface area contributed by atoms with E-state index < -0.39 is 8.60 Å². The average Bonchev–Trinajstić information content (AvgIpc) is 1.81. The Morgan fingerprint density at radius 1 is 1.08 bits per heavy atom.